The molecule has 0 aliphatic heterocycles. The Labute approximate surface area is 154 Å². The zero-order valence-corrected chi connectivity index (χ0v) is 14.9. The van der Waals surface area contributed by atoms with Crippen molar-refractivity contribution in [2.75, 3.05) is 5.32 Å². The lowest BCUT2D eigenvalue weighted by Crippen LogP contribution is -2.21. The second kappa shape index (κ2) is 8.86. The van der Waals surface area contributed by atoms with E-state index in [1.54, 1.807) is 0 Å². The summed E-state index contributed by atoms with van der Waals surface area (Å²) in [5.74, 6) is 1.41. The molecule has 1 N–H and O–H groups in total. The van der Waals surface area contributed by atoms with Crippen molar-refractivity contribution in [3.63, 3.8) is 0 Å². The summed E-state index contributed by atoms with van der Waals surface area (Å²) < 4.78 is 5.78. The second-order valence-corrected chi connectivity index (χ2v) is 6.18. The Hall–Kier alpha value is -3.07. The average Bonchev–Trinajstić information content (AvgIpc) is 2.69. The first-order valence-electron chi connectivity index (χ1n) is 8.95. The van der Waals surface area contributed by atoms with Gasteiger partial charge in [0.2, 0.25) is 5.91 Å². The Bertz CT molecular complexity index is 814. The first-order valence-corrected chi connectivity index (χ1v) is 8.95. The van der Waals surface area contributed by atoms with Gasteiger partial charge in [-0.1, -0.05) is 61.9 Å². The number of para-hydroxylation sites is 1. The van der Waals surface area contributed by atoms with Crippen LogP contribution in [0.1, 0.15) is 31.2 Å². The molecule has 0 aliphatic rings. The molecule has 0 radical (unpaired) electrons. The van der Waals surface area contributed by atoms with E-state index in [2.05, 4.69) is 12.2 Å². The Morgan fingerprint density at radius 3 is 2.04 bits per heavy atom. The molecule has 0 unspecified atom stereocenters. The summed E-state index contributed by atoms with van der Waals surface area (Å²) in [6.45, 7) is 2.10. The van der Waals surface area contributed by atoms with E-state index in [1.165, 1.54) is 0 Å². The zero-order valence-electron chi connectivity index (χ0n) is 14.9. The number of amides is 1. The number of carbonyl (C=O) groups is 1. The Morgan fingerprint density at radius 1 is 0.846 bits per heavy atom. The van der Waals surface area contributed by atoms with Crippen LogP contribution in [0.5, 0.6) is 11.5 Å². The molecule has 0 aromatic heterocycles. The van der Waals surface area contributed by atoms with Crippen molar-refractivity contribution >= 4 is 11.6 Å². The normalized spacial score (nSPS) is 11.6. The molecule has 0 spiro atoms. The van der Waals surface area contributed by atoms with Crippen molar-refractivity contribution in [2.24, 2.45) is 0 Å². The molecule has 3 rings (SSSR count). The minimum absolute atomic E-state index is 0.0229. The molecule has 1 amide bonds. The van der Waals surface area contributed by atoms with E-state index in [0.29, 0.717) is 0 Å². The molecule has 1 atom stereocenters. The Balaban J connectivity index is 1.66. The highest BCUT2D eigenvalue weighted by Gasteiger charge is 2.19. The molecular formula is C23H23NO2. The minimum Gasteiger partial charge on any atom is -0.457 e. The first kappa shape index (κ1) is 17.7. The van der Waals surface area contributed by atoms with Gasteiger partial charge in [0.1, 0.15) is 11.5 Å². The molecule has 3 aromatic carbocycles. The fourth-order valence-corrected chi connectivity index (χ4v) is 2.88. The molecule has 0 saturated carbocycles. The molecule has 0 bridgehead atoms. The highest BCUT2D eigenvalue weighted by Crippen LogP contribution is 2.25. The molecule has 3 heteroatoms. The zero-order chi connectivity index (χ0) is 18.2. The van der Waals surface area contributed by atoms with Gasteiger partial charge in [-0.2, -0.15) is 0 Å². The number of hydrogen-bond acceptors (Lipinski definition) is 2. The third-order valence-corrected chi connectivity index (χ3v) is 4.20. The summed E-state index contributed by atoms with van der Waals surface area (Å²) in [7, 11) is 0. The SMILES string of the molecule is CCC[C@@H](C(=O)Nc1ccc(Oc2ccccc2)cc1)c1ccccc1. The number of anilines is 1. The maximum atomic E-state index is 12.7. The van der Waals surface area contributed by atoms with Crippen LogP contribution >= 0.6 is 0 Å². The Morgan fingerprint density at radius 2 is 1.42 bits per heavy atom. The largest absolute Gasteiger partial charge is 0.457 e. The van der Waals surface area contributed by atoms with E-state index in [9.17, 15) is 4.79 Å². The van der Waals surface area contributed by atoms with Gasteiger partial charge >= 0.3 is 0 Å². The maximum Gasteiger partial charge on any atom is 0.231 e. The predicted molar refractivity (Wildman–Crippen MR) is 106 cm³/mol. The minimum atomic E-state index is -0.138. The van der Waals surface area contributed by atoms with Crippen LogP contribution in [-0.2, 0) is 4.79 Å². The van der Waals surface area contributed by atoms with Crippen molar-refractivity contribution in [1.82, 2.24) is 0 Å². The van der Waals surface area contributed by atoms with Crippen molar-refractivity contribution in [2.45, 2.75) is 25.7 Å². The summed E-state index contributed by atoms with van der Waals surface area (Å²) in [5, 5.41) is 3.02. The van der Waals surface area contributed by atoms with Gasteiger partial charge in [0.15, 0.2) is 0 Å². The monoisotopic (exact) mass is 345 g/mol. The lowest BCUT2D eigenvalue weighted by atomic mass is 9.93. The fourth-order valence-electron chi connectivity index (χ4n) is 2.88. The lowest BCUT2D eigenvalue weighted by molar-refractivity contribution is -0.117. The fraction of sp³-hybridized carbons (Fsp3) is 0.174. The maximum absolute atomic E-state index is 12.7. The molecule has 0 saturated heterocycles. The van der Waals surface area contributed by atoms with Crippen molar-refractivity contribution in [3.05, 3.63) is 90.5 Å². The van der Waals surface area contributed by atoms with Gasteiger partial charge in [0, 0.05) is 5.69 Å². The molecular weight excluding hydrogens is 322 g/mol. The molecule has 3 nitrogen and oxygen atoms in total. The standard InChI is InChI=1S/C23H23NO2/c1-2-9-22(18-10-5-3-6-11-18)23(25)24-19-14-16-21(17-15-19)26-20-12-7-4-8-13-20/h3-8,10-17,22H,2,9H2,1H3,(H,24,25)/t22-/m1/s1. The van der Waals surface area contributed by atoms with Gasteiger partial charge < -0.3 is 10.1 Å². The van der Waals surface area contributed by atoms with Gasteiger partial charge in [-0.15, -0.1) is 0 Å². The molecule has 132 valence electrons. The van der Waals surface area contributed by atoms with Crippen LogP contribution in [0.3, 0.4) is 0 Å². The van der Waals surface area contributed by atoms with E-state index in [1.807, 2.05) is 84.9 Å². The highest BCUT2D eigenvalue weighted by molar-refractivity contribution is 5.95. The number of rotatable bonds is 7. The Kier molecular flexibility index (Phi) is 6.05. The number of ether oxygens (including phenoxy) is 1. The molecule has 26 heavy (non-hydrogen) atoms. The lowest BCUT2D eigenvalue weighted by Gasteiger charge is -2.17. The van der Waals surface area contributed by atoms with Crippen LogP contribution < -0.4 is 10.1 Å². The first-order chi connectivity index (χ1) is 12.8. The van der Waals surface area contributed by atoms with Crippen LogP contribution in [0.25, 0.3) is 0 Å². The van der Waals surface area contributed by atoms with Crippen LogP contribution in [0.4, 0.5) is 5.69 Å². The van der Waals surface area contributed by atoms with Crippen LogP contribution in [0.2, 0.25) is 0 Å². The van der Waals surface area contributed by atoms with Crippen LogP contribution in [0, 0.1) is 0 Å². The highest BCUT2D eigenvalue weighted by atomic mass is 16.5. The van der Waals surface area contributed by atoms with Crippen molar-refractivity contribution in [1.29, 1.82) is 0 Å². The average molecular weight is 345 g/mol. The van der Waals surface area contributed by atoms with Crippen LogP contribution in [0.15, 0.2) is 84.9 Å². The van der Waals surface area contributed by atoms with E-state index in [-0.39, 0.29) is 11.8 Å². The summed E-state index contributed by atoms with van der Waals surface area (Å²) >= 11 is 0. The summed E-state index contributed by atoms with van der Waals surface area (Å²) in [4.78, 5) is 12.7. The van der Waals surface area contributed by atoms with Crippen molar-refractivity contribution < 1.29 is 9.53 Å². The van der Waals surface area contributed by atoms with Crippen LogP contribution in [-0.4, -0.2) is 5.91 Å². The van der Waals surface area contributed by atoms with Crippen molar-refractivity contribution in [3.8, 4) is 11.5 Å². The van der Waals surface area contributed by atoms with Gasteiger partial charge in [-0.3, -0.25) is 4.79 Å². The third-order valence-electron chi connectivity index (χ3n) is 4.20. The summed E-state index contributed by atoms with van der Waals surface area (Å²) in [6.07, 6.45) is 1.78. The van der Waals surface area contributed by atoms with Gasteiger partial charge in [0.25, 0.3) is 0 Å². The van der Waals surface area contributed by atoms with Gasteiger partial charge in [-0.05, 0) is 48.4 Å². The number of benzene rings is 3. The molecule has 0 heterocycles. The predicted octanol–water partition coefficient (Wildman–Crippen LogP) is 6.00. The van der Waals surface area contributed by atoms with E-state index in [0.717, 1.165) is 35.6 Å². The summed E-state index contributed by atoms with van der Waals surface area (Å²) in [6, 6.07) is 27.0. The van der Waals surface area contributed by atoms with E-state index >= 15 is 0 Å². The molecule has 0 aliphatic carbocycles. The third kappa shape index (κ3) is 4.73. The van der Waals surface area contributed by atoms with E-state index in [4.69, 9.17) is 4.74 Å². The second-order valence-electron chi connectivity index (χ2n) is 6.18. The van der Waals surface area contributed by atoms with Gasteiger partial charge in [0.05, 0.1) is 5.92 Å². The number of carbonyl (C=O) groups excluding carboxylic acids is 1. The number of hydrogen-bond donors (Lipinski definition) is 1. The smallest absolute Gasteiger partial charge is 0.231 e. The summed E-state index contributed by atoms with van der Waals surface area (Å²) in [5.41, 5.74) is 1.82. The van der Waals surface area contributed by atoms with E-state index < -0.39 is 0 Å². The number of nitrogens with one attached hydrogen (secondary N) is 1. The van der Waals surface area contributed by atoms with Gasteiger partial charge in [-0.25, -0.2) is 0 Å². The topological polar surface area (TPSA) is 38.3 Å². The quantitative estimate of drug-likeness (QED) is 0.570. The molecule has 3 aromatic rings. The molecule has 0 fully saturated rings.